The Morgan fingerprint density at radius 1 is 1.04 bits per heavy atom. The summed E-state index contributed by atoms with van der Waals surface area (Å²) in [6, 6.07) is 8.03. The summed E-state index contributed by atoms with van der Waals surface area (Å²) >= 11 is 0. The maximum atomic E-state index is 12.6. The van der Waals surface area contributed by atoms with E-state index in [9.17, 15) is 4.79 Å². The molecule has 2 heterocycles. The van der Waals surface area contributed by atoms with Crippen LogP contribution in [0.4, 0.5) is 10.5 Å². The summed E-state index contributed by atoms with van der Waals surface area (Å²) in [5, 5.41) is 0. The quantitative estimate of drug-likeness (QED) is 0.752. The van der Waals surface area contributed by atoms with E-state index in [1.807, 2.05) is 75.9 Å². The van der Waals surface area contributed by atoms with Crippen molar-refractivity contribution in [1.82, 2.24) is 9.80 Å². The monoisotopic (exact) mass is 359 g/mol. The zero-order chi connectivity index (χ0) is 19.1. The summed E-state index contributed by atoms with van der Waals surface area (Å²) in [7, 11) is 3.67. The fourth-order valence-corrected chi connectivity index (χ4v) is 3.14. The Labute approximate surface area is 157 Å². The van der Waals surface area contributed by atoms with Crippen LogP contribution in [0.15, 0.2) is 24.3 Å². The van der Waals surface area contributed by atoms with E-state index in [-0.39, 0.29) is 24.4 Å². The number of nitrogens with zero attached hydrogens (tertiary/aromatic N) is 3. The first-order chi connectivity index (χ1) is 12.1. The Kier molecular flexibility index (Phi) is 5.07. The van der Waals surface area contributed by atoms with Gasteiger partial charge in [0.25, 0.3) is 0 Å². The van der Waals surface area contributed by atoms with Crippen molar-refractivity contribution in [2.75, 3.05) is 45.2 Å². The van der Waals surface area contributed by atoms with Crippen molar-refractivity contribution in [2.24, 2.45) is 0 Å². The largest absolute Gasteiger partial charge is 0.494 e. The summed E-state index contributed by atoms with van der Waals surface area (Å²) < 4.78 is 12.2. The van der Waals surface area contributed by atoms with Gasteiger partial charge in [-0.2, -0.15) is 0 Å². The predicted octanol–water partition coefficient (Wildman–Crippen LogP) is 1.79. The van der Waals surface area contributed by atoms with Crippen LogP contribution in [-0.2, 0) is 9.31 Å². The summed E-state index contributed by atoms with van der Waals surface area (Å²) in [6.45, 7) is 11.3. The maximum absolute atomic E-state index is 12.6. The van der Waals surface area contributed by atoms with Crippen LogP contribution >= 0.6 is 0 Å². The third-order valence-corrected chi connectivity index (χ3v) is 5.64. The average molecular weight is 359 g/mol. The van der Waals surface area contributed by atoms with E-state index < -0.39 is 0 Å². The Hall–Kier alpha value is -1.57. The van der Waals surface area contributed by atoms with Gasteiger partial charge in [-0.25, -0.2) is 4.79 Å². The van der Waals surface area contributed by atoms with Crippen LogP contribution in [0.1, 0.15) is 27.7 Å². The third kappa shape index (κ3) is 3.61. The van der Waals surface area contributed by atoms with Crippen molar-refractivity contribution < 1.29 is 14.1 Å². The van der Waals surface area contributed by atoms with E-state index >= 15 is 0 Å². The molecule has 2 aliphatic rings. The Morgan fingerprint density at radius 3 is 2.15 bits per heavy atom. The second-order valence-corrected chi connectivity index (χ2v) is 8.40. The first-order valence-electron chi connectivity index (χ1n) is 9.27. The first kappa shape index (κ1) is 19.2. The van der Waals surface area contributed by atoms with E-state index in [0.29, 0.717) is 0 Å². The van der Waals surface area contributed by atoms with Crippen molar-refractivity contribution in [3.8, 4) is 0 Å². The predicted molar refractivity (Wildman–Crippen MR) is 105 cm³/mol. The minimum absolute atomic E-state index is 0.0789. The molecule has 2 amide bonds. The van der Waals surface area contributed by atoms with Crippen LogP contribution in [0, 0.1) is 0 Å². The average Bonchev–Trinajstić information content (AvgIpc) is 3.02. The fourth-order valence-electron chi connectivity index (χ4n) is 3.14. The van der Waals surface area contributed by atoms with Crippen LogP contribution in [0.5, 0.6) is 0 Å². The second kappa shape index (κ2) is 6.87. The van der Waals surface area contributed by atoms with E-state index in [0.717, 1.165) is 37.3 Å². The van der Waals surface area contributed by atoms with Crippen molar-refractivity contribution in [3.05, 3.63) is 24.3 Å². The Morgan fingerprint density at radius 2 is 1.62 bits per heavy atom. The number of rotatable bonds is 5. The van der Waals surface area contributed by atoms with Crippen LogP contribution in [0.3, 0.4) is 0 Å². The number of likely N-dealkylation sites (N-methyl/N-ethyl adjacent to an activating group) is 1. The van der Waals surface area contributed by atoms with Gasteiger partial charge >= 0.3 is 13.1 Å². The molecule has 3 rings (SSSR count). The van der Waals surface area contributed by atoms with Gasteiger partial charge in [-0.15, -0.1) is 0 Å². The van der Waals surface area contributed by atoms with Gasteiger partial charge in [0.2, 0.25) is 0 Å². The lowest BCUT2D eigenvalue weighted by molar-refractivity contribution is 0.00578. The highest BCUT2D eigenvalue weighted by Crippen LogP contribution is 2.36. The molecule has 1 aromatic carbocycles. The van der Waals surface area contributed by atoms with Crippen LogP contribution in [0.25, 0.3) is 0 Å². The van der Waals surface area contributed by atoms with Crippen LogP contribution in [-0.4, -0.2) is 74.4 Å². The molecule has 1 aromatic rings. The van der Waals surface area contributed by atoms with Crippen LogP contribution < -0.4 is 10.4 Å². The number of amides is 2. The van der Waals surface area contributed by atoms with Crippen molar-refractivity contribution in [1.29, 1.82) is 0 Å². The zero-order valence-electron chi connectivity index (χ0n) is 16.8. The summed E-state index contributed by atoms with van der Waals surface area (Å²) in [6.07, 6.45) is 0. The molecular weight excluding hydrogens is 329 g/mol. The molecule has 26 heavy (non-hydrogen) atoms. The lowest BCUT2D eigenvalue weighted by Gasteiger charge is -2.32. The number of anilines is 1. The second-order valence-electron chi connectivity index (χ2n) is 8.40. The van der Waals surface area contributed by atoms with E-state index in [4.69, 9.17) is 9.31 Å². The minimum atomic E-state index is -0.375. The SMILES string of the molecule is CN(C)CCN1CCN(c2ccc(B3OC(C)(C)C(C)(C)O3)cc2)C1=O. The zero-order valence-corrected chi connectivity index (χ0v) is 16.8. The van der Waals surface area contributed by atoms with Crippen LogP contribution in [0.2, 0.25) is 0 Å². The first-order valence-corrected chi connectivity index (χ1v) is 9.27. The molecule has 142 valence electrons. The summed E-state index contributed by atoms with van der Waals surface area (Å²) in [5.74, 6) is 0. The fraction of sp³-hybridized carbons (Fsp3) is 0.632. The minimum Gasteiger partial charge on any atom is -0.399 e. The number of urea groups is 1. The van der Waals surface area contributed by atoms with Crippen molar-refractivity contribution in [2.45, 2.75) is 38.9 Å². The standard InChI is InChI=1S/C19H30BN3O3/c1-18(2)19(3,4)26-20(25-18)15-7-9-16(10-8-15)23-14-13-22(17(23)24)12-11-21(5)6/h7-10H,11-14H2,1-6H3. The molecule has 0 N–H and O–H groups in total. The van der Waals surface area contributed by atoms with Crippen molar-refractivity contribution in [3.63, 3.8) is 0 Å². The number of benzene rings is 1. The van der Waals surface area contributed by atoms with Gasteiger partial charge in [-0.05, 0) is 59.4 Å². The number of hydrogen-bond donors (Lipinski definition) is 0. The number of carbonyl (C=O) groups is 1. The molecule has 0 saturated carbocycles. The van der Waals surface area contributed by atoms with Gasteiger partial charge in [0.05, 0.1) is 11.2 Å². The molecule has 2 saturated heterocycles. The third-order valence-electron chi connectivity index (χ3n) is 5.64. The van der Waals surface area contributed by atoms with Crippen molar-refractivity contribution >= 4 is 24.3 Å². The van der Waals surface area contributed by atoms with E-state index in [1.165, 1.54) is 0 Å². The molecule has 0 aromatic heterocycles. The Balaban J connectivity index is 1.66. The molecule has 2 fully saturated rings. The lowest BCUT2D eigenvalue weighted by atomic mass is 9.79. The van der Waals surface area contributed by atoms with Gasteiger partial charge in [0.15, 0.2) is 0 Å². The van der Waals surface area contributed by atoms with E-state index in [1.54, 1.807) is 0 Å². The van der Waals surface area contributed by atoms with Gasteiger partial charge in [0.1, 0.15) is 0 Å². The highest BCUT2D eigenvalue weighted by atomic mass is 16.7. The Bertz CT molecular complexity index is 644. The van der Waals surface area contributed by atoms with Gasteiger partial charge < -0.3 is 19.1 Å². The van der Waals surface area contributed by atoms with E-state index in [2.05, 4.69) is 4.90 Å². The molecular formula is C19H30BN3O3. The van der Waals surface area contributed by atoms with Gasteiger partial charge in [0, 0.05) is 31.9 Å². The normalized spacial score (nSPS) is 22.0. The molecule has 0 spiro atoms. The summed E-state index contributed by atoms with van der Waals surface area (Å²) in [5.41, 5.74) is 1.19. The number of carbonyl (C=O) groups excluding carboxylic acids is 1. The maximum Gasteiger partial charge on any atom is 0.494 e. The molecule has 0 atom stereocenters. The number of hydrogen-bond acceptors (Lipinski definition) is 4. The molecule has 0 radical (unpaired) electrons. The topological polar surface area (TPSA) is 45.2 Å². The summed E-state index contributed by atoms with van der Waals surface area (Å²) in [4.78, 5) is 18.4. The molecule has 0 unspecified atom stereocenters. The highest BCUT2D eigenvalue weighted by Gasteiger charge is 2.51. The smallest absolute Gasteiger partial charge is 0.399 e. The highest BCUT2D eigenvalue weighted by molar-refractivity contribution is 6.62. The van der Waals surface area contributed by atoms with Gasteiger partial charge in [-0.1, -0.05) is 12.1 Å². The van der Waals surface area contributed by atoms with Gasteiger partial charge in [-0.3, -0.25) is 4.90 Å². The molecule has 6 nitrogen and oxygen atoms in total. The molecule has 0 bridgehead atoms. The lowest BCUT2D eigenvalue weighted by Crippen LogP contribution is -2.41. The molecule has 7 heteroatoms. The molecule has 0 aliphatic carbocycles. The molecule has 2 aliphatic heterocycles.